The maximum atomic E-state index is 5.37. The molecule has 0 heterocycles. The molecule has 0 aliphatic carbocycles. The predicted molar refractivity (Wildman–Crippen MR) is 63.7 cm³/mol. The Bertz CT molecular complexity index is 164. The average molecular weight is 236 g/mol. The molecule has 0 N–H and O–H groups in total. The van der Waals surface area contributed by atoms with Crippen LogP contribution in [-0.4, -0.2) is 61.8 Å². The second-order valence-corrected chi connectivity index (χ2v) is 7.47. The van der Waals surface area contributed by atoms with Crippen molar-refractivity contribution in [2.24, 2.45) is 0 Å². The van der Waals surface area contributed by atoms with Crippen molar-refractivity contribution in [2.75, 3.05) is 48.5 Å². The third-order valence-corrected chi connectivity index (χ3v) is 5.87. The van der Waals surface area contributed by atoms with E-state index in [1.807, 2.05) is 0 Å². The third-order valence-electron chi connectivity index (χ3n) is 3.04. The highest BCUT2D eigenvalue weighted by atomic mass is 28.4. The van der Waals surface area contributed by atoms with Gasteiger partial charge in [0.2, 0.25) is 0 Å². The lowest BCUT2D eigenvalue weighted by Gasteiger charge is -2.30. The van der Waals surface area contributed by atoms with Crippen molar-refractivity contribution in [1.82, 2.24) is 0 Å². The van der Waals surface area contributed by atoms with E-state index in [4.69, 9.17) is 13.3 Å². The van der Waals surface area contributed by atoms with Crippen LogP contribution in [0.4, 0.5) is 0 Å². The zero-order valence-corrected chi connectivity index (χ0v) is 12.0. The molecule has 0 saturated carbocycles. The molecule has 0 unspecified atom stereocenters. The molecule has 0 rings (SSSR count). The number of quaternary nitrogens is 1. The van der Waals surface area contributed by atoms with Gasteiger partial charge in [0.05, 0.1) is 27.2 Å². The van der Waals surface area contributed by atoms with E-state index in [-0.39, 0.29) is 0 Å². The summed E-state index contributed by atoms with van der Waals surface area (Å²) < 4.78 is 17.1. The standard InChI is InChI=1S/C10H26NO3Si/c1-7-11(2,3)9-8-10-15(12-4,13-5)14-6/h7-10H2,1-6H3/q+1. The molecule has 5 heteroatoms. The molecule has 0 amide bonds. The van der Waals surface area contributed by atoms with Crippen molar-refractivity contribution in [3.63, 3.8) is 0 Å². The zero-order chi connectivity index (χ0) is 11.9. The lowest BCUT2D eigenvalue weighted by atomic mass is 10.4. The highest BCUT2D eigenvalue weighted by molar-refractivity contribution is 6.60. The molecule has 4 nitrogen and oxygen atoms in total. The first-order valence-corrected chi connectivity index (χ1v) is 7.36. The molecular formula is C10H26NO3Si+. The molecule has 0 aromatic heterocycles. The number of hydrogen-bond acceptors (Lipinski definition) is 3. The van der Waals surface area contributed by atoms with Gasteiger partial charge in [-0.15, -0.1) is 0 Å². The zero-order valence-electron chi connectivity index (χ0n) is 11.0. The summed E-state index contributed by atoms with van der Waals surface area (Å²) in [6.07, 6.45) is 1.07. The Hall–Kier alpha value is 0.0569. The minimum Gasteiger partial charge on any atom is -0.377 e. The first kappa shape index (κ1) is 15.1. The first-order chi connectivity index (χ1) is 6.95. The Labute approximate surface area is 95.1 Å². The summed E-state index contributed by atoms with van der Waals surface area (Å²) in [5.41, 5.74) is 0. The fraction of sp³-hybridized carbons (Fsp3) is 1.00. The van der Waals surface area contributed by atoms with E-state index in [0.717, 1.165) is 30.0 Å². The highest BCUT2D eigenvalue weighted by Gasteiger charge is 2.37. The van der Waals surface area contributed by atoms with Crippen molar-refractivity contribution in [3.05, 3.63) is 0 Å². The fourth-order valence-electron chi connectivity index (χ4n) is 1.44. The van der Waals surface area contributed by atoms with Crippen LogP contribution in [0.2, 0.25) is 6.04 Å². The summed E-state index contributed by atoms with van der Waals surface area (Å²) in [5, 5.41) is 0. The van der Waals surface area contributed by atoms with Crippen molar-refractivity contribution < 1.29 is 17.8 Å². The van der Waals surface area contributed by atoms with Crippen LogP contribution in [0.25, 0.3) is 0 Å². The van der Waals surface area contributed by atoms with E-state index in [0.29, 0.717) is 0 Å². The molecule has 0 fully saturated rings. The molecule has 0 aromatic rings. The van der Waals surface area contributed by atoms with Crippen LogP contribution in [0.3, 0.4) is 0 Å². The molecule has 0 aliphatic heterocycles. The molecule has 15 heavy (non-hydrogen) atoms. The molecular weight excluding hydrogens is 210 g/mol. The van der Waals surface area contributed by atoms with Crippen molar-refractivity contribution in [1.29, 1.82) is 0 Å². The maximum absolute atomic E-state index is 5.37. The van der Waals surface area contributed by atoms with Crippen LogP contribution >= 0.6 is 0 Å². The van der Waals surface area contributed by atoms with Gasteiger partial charge in [0.25, 0.3) is 0 Å². The summed E-state index contributed by atoms with van der Waals surface area (Å²) >= 11 is 0. The quantitative estimate of drug-likeness (QED) is 0.470. The fourth-order valence-corrected chi connectivity index (χ4v) is 3.14. The largest absolute Gasteiger partial charge is 0.500 e. The Morgan fingerprint density at radius 3 is 1.80 bits per heavy atom. The van der Waals surface area contributed by atoms with Gasteiger partial charge in [-0.25, -0.2) is 0 Å². The van der Waals surface area contributed by atoms with Crippen LogP contribution in [0.15, 0.2) is 0 Å². The Morgan fingerprint density at radius 2 is 1.47 bits per heavy atom. The Balaban J connectivity index is 4.02. The van der Waals surface area contributed by atoms with Crippen LogP contribution < -0.4 is 0 Å². The van der Waals surface area contributed by atoms with Crippen LogP contribution in [0.5, 0.6) is 0 Å². The predicted octanol–water partition coefficient (Wildman–Crippen LogP) is 1.35. The molecule has 0 aliphatic rings. The van der Waals surface area contributed by atoms with Crippen LogP contribution in [-0.2, 0) is 13.3 Å². The second kappa shape index (κ2) is 6.60. The van der Waals surface area contributed by atoms with Crippen LogP contribution in [0.1, 0.15) is 13.3 Å². The number of rotatable bonds is 8. The van der Waals surface area contributed by atoms with E-state index in [1.54, 1.807) is 21.3 Å². The van der Waals surface area contributed by atoms with E-state index in [1.165, 1.54) is 0 Å². The SMILES string of the molecule is CC[N+](C)(C)CCC[Si](OC)(OC)OC. The van der Waals surface area contributed by atoms with Gasteiger partial charge in [0.15, 0.2) is 0 Å². The minimum absolute atomic E-state index is 0.887. The van der Waals surface area contributed by atoms with Crippen molar-refractivity contribution in [3.8, 4) is 0 Å². The maximum Gasteiger partial charge on any atom is 0.500 e. The molecule has 92 valence electrons. The number of hydrogen-bond donors (Lipinski definition) is 0. The third kappa shape index (κ3) is 5.08. The summed E-state index contributed by atoms with van der Waals surface area (Å²) in [4.78, 5) is 0. The average Bonchev–Trinajstić information content (AvgIpc) is 2.25. The van der Waals surface area contributed by atoms with E-state index in [2.05, 4.69) is 21.0 Å². The number of nitrogens with zero attached hydrogens (tertiary/aromatic N) is 1. The van der Waals surface area contributed by atoms with Gasteiger partial charge in [-0.3, -0.25) is 0 Å². The Morgan fingerprint density at radius 1 is 1.00 bits per heavy atom. The van der Waals surface area contributed by atoms with Crippen molar-refractivity contribution in [2.45, 2.75) is 19.4 Å². The lowest BCUT2D eigenvalue weighted by Crippen LogP contribution is -2.45. The summed E-state index contributed by atoms with van der Waals surface area (Å²) in [6, 6.07) is 0.887. The monoisotopic (exact) mass is 236 g/mol. The van der Waals surface area contributed by atoms with Gasteiger partial charge in [-0.2, -0.15) is 0 Å². The normalized spacial score (nSPS) is 13.2. The molecule has 0 atom stereocenters. The minimum atomic E-state index is -2.34. The van der Waals surface area contributed by atoms with Gasteiger partial charge < -0.3 is 17.8 Å². The summed E-state index contributed by atoms with van der Waals surface area (Å²) in [7, 11) is 7.12. The smallest absolute Gasteiger partial charge is 0.377 e. The van der Waals surface area contributed by atoms with Gasteiger partial charge in [0, 0.05) is 33.8 Å². The topological polar surface area (TPSA) is 27.7 Å². The first-order valence-electron chi connectivity index (χ1n) is 5.42. The lowest BCUT2D eigenvalue weighted by molar-refractivity contribution is -0.888. The summed E-state index contributed by atoms with van der Waals surface area (Å²) in [6.45, 7) is 4.47. The molecule has 0 spiro atoms. The molecule has 0 bridgehead atoms. The van der Waals surface area contributed by atoms with Gasteiger partial charge >= 0.3 is 8.80 Å². The van der Waals surface area contributed by atoms with E-state index >= 15 is 0 Å². The Kier molecular flexibility index (Phi) is 6.62. The van der Waals surface area contributed by atoms with Crippen molar-refractivity contribution >= 4 is 8.80 Å². The summed E-state index contributed by atoms with van der Waals surface area (Å²) in [5.74, 6) is 0. The van der Waals surface area contributed by atoms with E-state index in [9.17, 15) is 0 Å². The molecule has 0 saturated heterocycles. The van der Waals surface area contributed by atoms with Gasteiger partial charge in [0.1, 0.15) is 0 Å². The second-order valence-electron chi connectivity index (χ2n) is 4.37. The van der Waals surface area contributed by atoms with E-state index < -0.39 is 8.80 Å². The van der Waals surface area contributed by atoms with Gasteiger partial charge in [-0.05, 0) is 6.92 Å². The highest BCUT2D eigenvalue weighted by Crippen LogP contribution is 2.16. The molecule has 0 radical (unpaired) electrons. The van der Waals surface area contributed by atoms with Crippen LogP contribution in [0, 0.1) is 0 Å². The molecule has 0 aromatic carbocycles. The van der Waals surface area contributed by atoms with Gasteiger partial charge in [-0.1, -0.05) is 0 Å².